The van der Waals surface area contributed by atoms with E-state index < -0.39 is 10.0 Å². The molecule has 1 aliphatic heterocycles. The molecule has 3 N–H and O–H groups in total. The minimum atomic E-state index is -3.81. The number of piperazine rings is 1. The summed E-state index contributed by atoms with van der Waals surface area (Å²) in [6.07, 6.45) is 0.834. The number of benzene rings is 2. The van der Waals surface area contributed by atoms with Crippen LogP contribution in [0.4, 0.5) is 11.4 Å². The lowest BCUT2D eigenvalue weighted by atomic mass is 10.1. The zero-order valence-corrected chi connectivity index (χ0v) is 18.8. The predicted molar refractivity (Wildman–Crippen MR) is 122 cm³/mol. The number of hydrogen-bond acceptors (Lipinski definition) is 6. The summed E-state index contributed by atoms with van der Waals surface area (Å²) in [5, 5.41) is 6.06. The van der Waals surface area contributed by atoms with Crippen molar-refractivity contribution in [2.45, 2.75) is 18.2 Å². The van der Waals surface area contributed by atoms with Crippen molar-refractivity contribution in [3.05, 3.63) is 53.6 Å². The van der Waals surface area contributed by atoms with Crippen LogP contribution in [0.2, 0.25) is 0 Å². The first-order valence-corrected chi connectivity index (χ1v) is 11.9. The Morgan fingerprint density at radius 2 is 1.84 bits per heavy atom. The van der Waals surface area contributed by atoms with Crippen LogP contribution in [0.3, 0.4) is 0 Å². The molecule has 8 nitrogen and oxygen atoms in total. The smallest absolute Gasteiger partial charge is 0.261 e. The molecule has 9 heteroatoms. The van der Waals surface area contributed by atoms with E-state index in [1.54, 1.807) is 37.4 Å². The van der Waals surface area contributed by atoms with Crippen molar-refractivity contribution in [1.82, 2.24) is 10.6 Å². The third-order valence-corrected chi connectivity index (χ3v) is 6.58. The maximum atomic E-state index is 13.1. The van der Waals surface area contributed by atoms with E-state index in [0.29, 0.717) is 24.4 Å². The molecule has 1 heterocycles. The van der Waals surface area contributed by atoms with E-state index in [4.69, 9.17) is 4.74 Å². The molecule has 2 aromatic carbocycles. The third-order valence-electron chi connectivity index (χ3n) is 5.19. The van der Waals surface area contributed by atoms with E-state index in [0.717, 1.165) is 43.9 Å². The highest BCUT2D eigenvalue weighted by atomic mass is 32.2. The molecule has 0 saturated carbocycles. The molecule has 3 rings (SSSR count). The van der Waals surface area contributed by atoms with Gasteiger partial charge in [-0.2, -0.15) is 0 Å². The Balaban J connectivity index is 1.91. The fourth-order valence-electron chi connectivity index (χ4n) is 3.42. The Hall–Kier alpha value is -2.62. The third kappa shape index (κ3) is 5.96. The van der Waals surface area contributed by atoms with Gasteiger partial charge in [0.25, 0.3) is 15.9 Å². The second-order valence-electron chi connectivity index (χ2n) is 7.32. The Morgan fingerprint density at radius 3 is 2.48 bits per heavy atom. The number of hydrogen-bond donors (Lipinski definition) is 3. The standard InChI is InChI=1S/C22H30N4O4S/c1-3-17-4-7-19(8-5-17)31(28,29)25-20-16-18(22(27)24-12-15-30-2)6-9-21(20)26-13-10-23-11-14-26/h4-9,16,23,25H,3,10-15H2,1-2H3,(H,24,27). The van der Waals surface area contributed by atoms with Gasteiger partial charge in [0, 0.05) is 45.4 Å². The van der Waals surface area contributed by atoms with Crippen LogP contribution in [0.25, 0.3) is 0 Å². The van der Waals surface area contributed by atoms with Gasteiger partial charge in [-0.1, -0.05) is 19.1 Å². The lowest BCUT2D eigenvalue weighted by Crippen LogP contribution is -2.43. The van der Waals surface area contributed by atoms with Crippen LogP contribution in [0, 0.1) is 0 Å². The SMILES string of the molecule is CCc1ccc(S(=O)(=O)Nc2cc(C(=O)NCCOC)ccc2N2CCNCC2)cc1. The van der Waals surface area contributed by atoms with Gasteiger partial charge in [0.05, 0.1) is 22.9 Å². The summed E-state index contributed by atoms with van der Waals surface area (Å²) in [6.45, 7) is 5.91. The van der Waals surface area contributed by atoms with E-state index in [2.05, 4.69) is 20.3 Å². The highest BCUT2D eigenvalue weighted by Crippen LogP contribution is 2.30. The van der Waals surface area contributed by atoms with Crippen molar-refractivity contribution >= 4 is 27.3 Å². The first-order chi connectivity index (χ1) is 14.9. The Morgan fingerprint density at radius 1 is 1.13 bits per heavy atom. The number of amides is 1. The van der Waals surface area contributed by atoms with Crippen LogP contribution in [0.5, 0.6) is 0 Å². The summed E-state index contributed by atoms with van der Waals surface area (Å²) in [6, 6.07) is 11.9. The van der Waals surface area contributed by atoms with Crippen molar-refractivity contribution in [1.29, 1.82) is 0 Å². The van der Waals surface area contributed by atoms with Crippen molar-refractivity contribution in [3.63, 3.8) is 0 Å². The van der Waals surface area contributed by atoms with Crippen LogP contribution in [-0.2, 0) is 21.2 Å². The molecule has 0 atom stereocenters. The maximum Gasteiger partial charge on any atom is 0.261 e. The van der Waals surface area contributed by atoms with E-state index in [1.165, 1.54) is 0 Å². The largest absolute Gasteiger partial charge is 0.383 e. The quantitative estimate of drug-likeness (QED) is 0.509. The number of carbonyl (C=O) groups is 1. The summed E-state index contributed by atoms with van der Waals surface area (Å²) in [5.74, 6) is -0.281. The average molecular weight is 447 g/mol. The molecule has 0 aliphatic carbocycles. The number of methoxy groups -OCH3 is 1. The molecule has 2 aromatic rings. The number of rotatable bonds is 9. The predicted octanol–water partition coefficient (Wildman–Crippen LogP) is 1.84. The summed E-state index contributed by atoms with van der Waals surface area (Å²) in [4.78, 5) is 14.8. The minimum Gasteiger partial charge on any atom is -0.383 e. The lowest BCUT2D eigenvalue weighted by molar-refractivity contribution is 0.0937. The molecule has 1 aliphatic rings. The van der Waals surface area contributed by atoms with E-state index >= 15 is 0 Å². The molecule has 0 radical (unpaired) electrons. The van der Waals surface area contributed by atoms with Gasteiger partial charge in [-0.25, -0.2) is 8.42 Å². The number of aryl methyl sites for hydroxylation is 1. The molecule has 1 saturated heterocycles. The van der Waals surface area contributed by atoms with Crippen molar-refractivity contribution in [3.8, 4) is 0 Å². The molecule has 31 heavy (non-hydrogen) atoms. The van der Waals surface area contributed by atoms with Crippen LogP contribution in [-0.4, -0.2) is 60.8 Å². The van der Waals surface area contributed by atoms with Crippen LogP contribution in [0.15, 0.2) is 47.4 Å². The Kier molecular flexibility index (Phi) is 7.89. The average Bonchev–Trinajstić information content (AvgIpc) is 2.79. The topological polar surface area (TPSA) is 99.8 Å². The Labute approximate surface area is 184 Å². The number of carbonyl (C=O) groups excluding carboxylic acids is 1. The van der Waals surface area contributed by atoms with Gasteiger partial charge in [-0.15, -0.1) is 0 Å². The fraction of sp³-hybridized carbons (Fsp3) is 0.409. The maximum absolute atomic E-state index is 13.1. The molecular weight excluding hydrogens is 416 g/mol. The summed E-state index contributed by atoms with van der Waals surface area (Å²) in [5.41, 5.74) is 2.59. The molecule has 0 aromatic heterocycles. The normalized spacial score (nSPS) is 14.3. The van der Waals surface area contributed by atoms with Crippen molar-refractivity contribution < 1.29 is 17.9 Å². The first-order valence-electron chi connectivity index (χ1n) is 10.4. The van der Waals surface area contributed by atoms with Gasteiger partial charge in [0.15, 0.2) is 0 Å². The first kappa shape index (κ1) is 23.1. The molecule has 0 unspecified atom stereocenters. The van der Waals surface area contributed by atoms with Crippen molar-refractivity contribution in [2.75, 3.05) is 56.1 Å². The minimum absolute atomic E-state index is 0.186. The highest BCUT2D eigenvalue weighted by molar-refractivity contribution is 7.92. The second-order valence-corrected chi connectivity index (χ2v) is 9.00. The number of nitrogens with zero attached hydrogens (tertiary/aromatic N) is 1. The molecule has 0 spiro atoms. The van der Waals surface area contributed by atoms with Crippen molar-refractivity contribution in [2.24, 2.45) is 0 Å². The number of ether oxygens (including phenoxy) is 1. The molecular formula is C22H30N4O4S. The zero-order chi connectivity index (χ0) is 22.3. The number of nitrogens with one attached hydrogen (secondary N) is 3. The molecule has 0 bridgehead atoms. The highest BCUT2D eigenvalue weighted by Gasteiger charge is 2.21. The molecule has 168 valence electrons. The lowest BCUT2D eigenvalue weighted by Gasteiger charge is -2.31. The summed E-state index contributed by atoms with van der Waals surface area (Å²) in [7, 11) is -2.24. The van der Waals surface area contributed by atoms with Crippen LogP contribution < -0.4 is 20.3 Å². The van der Waals surface area contributed by atoms with E-state index in [-0.39, 0.29) is 10.8 Å². The van der Waals surface area contributed by atoms with Crippen LogP contribution in [0.1, 0.15) is 22.8 Å². The summed E-state index contributed by atoms with van der Waals surface area (Å²) < 4.78 is 33.8. The molecule has 1 fully saturated rings. The number of anilines is 2. The van der Waals surface area contributed by atoms with Gasteiger partial charge in [-0.05, 0) is 42.3 Å². The monoisotopic (exact) mass is 446 g/mol. The summed E-state index contributed by atoms with van der Waals surface area (Å²) >= 11 is 0. The fourth-order valence-corrected chi connectivity index (χ4v) is 4.48. The molecule has 1 amide bonds. The zero-order valence-electron chi connectivity index (χ0n) is 18.0. The van der Waals surface area contributed by atoms with E-state index in [1.807, 2.05) is 19.1 Å². The van der Waals surface area contributed by atoms with Crippen LogP contribution >= 0.6 is 0 Å². The second kappa shape index (κ2) is 10.6. The van der Waals surface area contributed by atoms with Gasteiger partial charge in [0.1, 0.15) is 0 Å². The Bertz CT molecular complexity index is 987. The van der Waals surface area contributed by atoms with Gasteiger partial charge in [-0.3, -0.25) is 9.52 Å². The van der Waals surface area contributed by atoms with Gasteiger partial charge >= 0.3 is 0 Å². The van der Waals surface area contributed by atoms with E-state index in [9.17, 15) is 13.2 Å². The number of sulfonamides is 1. The van der Waals surface area contributed by atoms with Gasteiger partial charge in [0.2, 0.25) is 0 Å². The van der Waals surface area contributed by atoms with Gasteiger partial charge < -0.3 is 20.3 Å².